The first-order valence-electron chi connectivity index (χ1n) is 20.0. The third-order valence-corrected chi connectivity index (χ3v) is 11.3. The molecule has 316 valence electrons. The number of carbonyl (C=O) groups excluding carboxylic acids is 2. The first kappa shape index (κ1) is 42.3. The molecule has 1 N–H and O–H groups in total. The Balaban J connectivity index is 0.000000185. The molecule has 17 nitrogen and oxygen atoms in total. The number of nitrogens with zero attached hydrogens (tertiary/aromatic N) is 10. The molecule has 2 aliphatic heterocycles. The Morgan fingerprint density at radius 3 is 1.74 bits per heavy atom. The highest BCUT2D eigenvalue weighted by Crippen LogP contribution is 2.29. The van der Waals surface area contributed by atoms with Gasteiger partial charge in [0.1, 0.15) is 24.7 Å². The molecule has 8 rings (SSSR count). The van der Waals surface area contributed by atoms with E-state index in [-0.39, 0.29) is 24.0 Å². The number of benzene rings is 2. The molecule has 0 atom stereocenters. The summed E-state index contributed by atoms with van der Waals surface area (Å²) in [5.74, 6) is 0.476. The van der Waals surface area contributed by atoms with E-state index in [1.807, 2.05) is 78.9 Å². The molecular formula is C43H46N10O7S. The maximum absolute atomic E-state index is 12.5. The largest absolute Gasteiger partial charge is 0.480 e. The van der Waals surface area contributed by atoms with Crippen molar-refractivity contribution in [3.63, 3.8) is 0 Å². The highest BCUT2D eigenvalue weighted by atomic mass is 32.2. The number of tetrazole rings is 1. The Bertz CT molecular complexity index is 2270. The molecule has 0 aliphatic carbocycles. The molecule has 6 aromatic rings. The summed E-state index contributed by atoms with van der Waals surface area (Å²) < 4.78 is 12.3. The molecule has 2 saturated heterocycles. The molecule has 0 unspecified atom stereocenters. The lowest BCUT2D eigenvalue weighted by Gasteiger charge is -2.30. The maximum Gasteiger partial charge on any atom is 0.415 e. The van der Waals surface area contributed by atoms with Crippen LogP contribution in [-0.2, 0) is 24.2 Å². The van der Waals surface area contributed by atoms with Gasteiger partial charge in [-0.15, -0.1) is 15.0 Å². The zero-order valence-electron chi connectivity index (χ0n) is 33.4. The lowest BCUT2D eigenvalue weighted by atomic mass is 9.98. The quantitative estimate of drug-likeness (QED) is 0.149. The fourth-order valence-electron chi connectivity index (χ4n) is 6.71. The molecule has 2 fully saturated rings. The molecule has 0 saturated carbocycles. The van der Waals surface area contributed by atoms with Crippen LogP contribution in [0.15, 0.2) is 121 Å². The summed E-state index contributed by atoms with van der Waals surface area (Å²) in [7, 11) is 0. The van der Waals surface area contributed by atoms with E-state index < -0.39 is 5.97 Å². The van der Waals surface area contributed by atoms with Crippen LogP contribution in [0.25, 0.3) is 0 Å². The van der Waals surface area contributed by atoms with E-state index in [9.17, 15) is 14.4 Å². The lowest BCUT2D eigenvalue weighted by Crippen LogP contribution is -2.41. The Morgan fingerprint density at radius 1 is 0.689 bits per heavy atom. The van der Waals surface area contributed by atoms with E-state index in [0.29, 0.717) is 55.4 Å². The minimum Gasteiger partial charge on any atom is -0.480 e. The van der Waals surface area contributed by atoms with E-state index in [1.165, 1.54) is 21.3 Å². The number of piperidine rings is 2. The average Bonchev–Trinajstić information content (AvgIpc) is 3.98. The predicted molar refractivity (Wildman–Crippen MR) is 223 cm³/mol. The molecule has 0 spiro atoms. The van der Waals surface area contributed by atoms with Gasteiger partial charge in [-0.25, -0.2) is 14.3 Å². The van der Waals surface area contributed by atoms with Crippen LogP contribution in [0.2, 0.25) is 0 Å². The van der Waals surface area contributed by atoms with Crippen molar-refractivity contribution < 1.29 is 33.8 Å². The fourth-order valence-corrected chi connectivity index (χ4v) is 7.76. The summed E-state index contributed by atoms with van der Waals surface area (Å²) in [5.41, 5.74) is 4.21. The van der Waals surface area contributed by atoms with Crippen LogP contribution < -0.4 is 14.3 Å². The van der Waals surface area contributed by atoms with Crippen LogP contribution in [-0.4, -0.2) is 111 Å². The zero-order chi connectivity index (χ0) is 42.2. The number of hydrogen-bond acceptors (Lipinski definition) is 13. The Hall–Kier alpha value is -6.82. The van der Waals surface area contributed by atoms with Crippen molar-refractivity contribution in [3.05, 3.63) is 138 Å². The number of carboxylic acids is 1. The van der Waals surface area contributed by atoms with Crippen molar-refractivity contribution in [1.29, 1.82) is 0 Å². The van der Waals surface area contributed by atoms with Gasteiger partial charge in [-0.3, -0.25) is 14.8 Å². The van der Waals surface area contributed by atoms with Crippen LogP contribution in [0.3, 0.4) is 0 Å². The summed E-state index contributed by atoms with van der Waals surface area (Å²) in [6.45, 7) is 2.76. The molecule has 0 bridgehead atoms. The number of carbonyl (C=O) groups is 3. The molecule has 18 heteroatoms. The van der Waals surface area contributed by atoms with Gasteiger partial charge in [0.15, 0.2) is 0 Å². The van der Waals surface area contributed by atoms with Crippen molar-refractivity contribution in [3.8, 4) is 11.5 Å². The van der Waals surface area contributed by atoms with Gasteiger partial charge in [-0.1, -0.05) is 48.2 Å². The second kappa shape index (κ2) is 21.4. The zero-order valence-corrected chi connectivity index (χ0v) is 34.2. The number of likely N-dealkylation sites (tertiary alicyclic amines) is 2. The number of aliphatic carboxylic acids is 1. The minimum absolute atomic E-state index is 0.198. The van der Waals surface area contributed by atoms with Gasteiger partial charge >= 0.3 is 18.2 Å². The van der Waals surface area contributed by atoms with E-state index in [2.05, 4.69) is 30.6 Å². The number of hydrogen-bond donors (Lipinski definition) is 1. The number of aromatic nitrogens is 8. The number of thioether (sulfide) groups is 1. The van der Waals surface area contributed by atoms with Crippen molar-refractivity contribution >= 4 is 29.9 Å². The summed E-state index contributed by atoms with van der Waals surface area (Å²) in [6.07, 6.45) is 11.1. The van der Waals surface area contributed by atoms with Crippen LogP contribution in [0, 0.1) is 5.92 Å². The van der Waals surface area contributed by atoms with Gasteiger partial charge in [0.2, 0.25) is 5.16 Å². The summed E-state index contributed by atoms with van der Waals surface area (Å²) in [5, 5.41) is 24.8. The fraction of sp³-hybridized carbons (Fsp3) is 0.326. The monoisotopic (exact) mass is 846 g/mol. The van der Waals surface area contributed by atoms with Crippen LogP contribution in [0.4, 0.5) is 9.59 Å². The minimum atomic E-state index is -0.999. The standard InChI is InChI=1S/C22H24N4O3.C21H22N6O4S/c27-22(25-14-9-19(10-15-25)17-28-26-13-3-12-24-26)29-21-7-5-18(6-8-21)16-20-4-1-2-11-23-20;28-19(29)14-27-20(23-24-25-27)32-18-8-11-26(12-9-18)21(30)31-17-6-4-15(5-7-17)13-16-3-1-2-10-22-16/h1-8,11-13,19H,9-10,14-17H2;1-7,10,18H,8-9,11-14H2,(H,28,29). The van der Waals surface area contributed by atoms with E-state index in [4.69, 9.17) is 19.4 Å². The highest BCUT2D eigenvalue weighted by molar-refractivity contribution is 7.99. The number of rotatable bonds is 13. The molecule has 2 amide bonds. The molecular weight excluding hydrogens is 801 g/mol. The topological polar surface area (TPSA) is 193 Å². The van der Waals surface area contributed by atoms with Crippen LogP contribution in [0.5, 0.6) is 11.5 Å². The van der Waals surface area contributed by atoms with Gasteiger partial charge in [0, 0.05) is 68.1 Å². The average molecular weight is 847 g/mol. The van der Waals surface area contributed by atoms with E-state index >= 15 is 0 Å². The number of pyridine rings is 2. The Kier molecular flexibility index (Phi) is 14.9. The second-order valence-electron chi connectivity index (χ2n) is 14.5. The number of ether oxygens (including phenoxy) is 2. The molecule has 61 heavy (non-hydrogen) atoms. The third kappa shape index (κ3) is 13.1. The SMILES string of the molecule is O=C(O)Cn1nnnc1SC1CCN(C(=O)Oc2ccc(Cc3ccccn3)cc2)CC1.O=C(Oc1ccc(Cc2ccccn2)cc1)N1CCC(COn2cccn2)CC1. The predicted octanol–water partition coefficient (Wildman–Crippen LogP) is 5.71. The van der Waals surface area contributed by atoms with Crippen molar-refractivity contribution in [2.24, 2.45) is 5.92 Å². The van der Waals surface area contributed by atoms with Gasteiger partial charge in [-0.05, 0) is 108 Å². The summed E-state index contributed by atoms with van der Waals surface area (Å²) in [4.78, 5) is 55.0. The van der Waals surface area contributed by atoms with Gasteiger partial charge in [-0.2, -0.15) is 0 Å². The Morgan fingerprint density at radius 2 is 1.25 bits per heavy atom. The first-order valence-corrected chi connectivity index (χ1v) is 20.9. The van der Waals surface area contributed by atoms with Crippen molar-refractivity contribution in [2.45, 2.75) is 55.5 Å². The van der Waals surface area contributed by atoms with Gasteiger partial charge in [0.25, 0.3) is 0 Å². The molecule has 0 radical (unpaired) electrons. The van der Waals surface area contributed by atoms with Crippen molar-refractivity contribution in [1.82, 2.24) is 49.9 Å². The Labute approximate surface area is 356 Å². The smallest absolute Gasteiger partial charge is 0.415 e. The summed E-state index contributed by atoms with van der Waals surface area (Å²) >= 11 is 1.44. The van der Waals surface area contributed by atoms with Crippen LogP contribution in [0.1, 0.15) is 48.2 Å². The number of carboxylic acid groups (broad SMARTS) is 1. The third-order valence-electron chi connectivity index (χ3n) is 10.0. The van der Waals surface area contributed by atoms with Gasteiger partial charge in [0.05, 0.1) is 12.4 Å². The van der Waals surface area contributed by atoms with E-state index in [1.54, 1.807) is 46.7 Å². The molecule has 2 aliphatic rings. The van der Waals surface area contributed by atoms with Gasteiger partial charge < -0.3 is 29.2 Å². The first-order chi connectivity index (χ1) is 29.8. The molecule has 4 aromatic heterocycles. The van der Waals surface area contributed by atoms with Crippen molar-refractivity contribution in [2.75, 3.05) is 32.8 Å². The highest BCUT2D eigenvalue weighted by Gasteiger charge is 2.27. The normalized spacial score (nSPS) is 14.4. The van der Waals surface area contributed by atoms with Crippen LogP contribution >= 0.6 is 11.8 Å². The number of amides is 2. The van der Waals surface area contributed by atoms with E-state index in [0.717, 1.165) is 61.0 Å². The second-order valence-corrected chi connectivity index (χ2v) is 15.7. The molecule has 6 heterocycles. The maximum atomic E-state index is 12.5. The summed E-state index contributed by atoms with van der Waals surface area (Å²) in [6, 6.07) is 28.6. The lowest BCUT2D eigenvalue weighted by molar-refractivity contribution is -0.138. The molecule has 2 aromatic carbocycles.